The zero-order valence-corrected chi connectivity index (χ0v) is 19.4. The summed E-state index contributed by atoms with van der Waals surface area (Å²) in [6, 6.07) is 9.62. The summed E-state index contributed by atoms with van der Waals surface area (Å²) in [6.07, 6.45) is 2.58. The second-order valence-corrected chi connectivity index (χ2v) is 9.02. The number of fused-ring (bicyclic) bond motifs is 1. The highest BCUT2D eigenvalue weighted by atomic mass is 32.1. The molecule has 1 aliphatic rings. The molecule has 7 heteroatoms. The Morgan fingerprint density at radius 1 is 1.16 bits per heavy atom. The fourth-order valence-electron chi connectivity index (χ4n) is 3.89. The number of benzene rings is 1. The Hall–Kier alpha value is -3.19. The number of nitrogens with one attached hydrogen (secondary N) is 1. The molecule has 2 aromatic heterocycles. The van der Waals surface area contributed by atoms with Gasteiger partial charge in [-0.1, -0.05) is 17.7 Å². The zero-order valence-electron chi connectivity index (χ0n) is 18.6. The Kier molecular flexibility index (Phi) is 6.55. The molecule has 0 radical (unpaired) electrons. The van der Waals surface area contributed by atoms with Gasteiger partial charge in [0, 0.05) is 31.5 Å². The lowest BCUT2D eigenvalue weighted by Gasteiger charge is -2.30. The van der Waals surface area contributed by atoms with E-state index < -0.39 is 0 Å². The van der Waals surface area contributed by atoms with Crippen LogP contribution in [0.3, 0.4) is 0 Å². The van der Waals surface area contributed by atoms with Crippen molar-refractivity contribution < 1.29 is 14.3 Å². The number of rotatable bonds is 6. The molecule has 1 aliphatic heterocycles. The summed E-state index contributed by atoms with van der Waals surface area (Å²) in [5.74, 6) is 0.591. The van der Waals surface area contributed by atoms with Crippen LogP contribution in [0.15, 0.2) is 41.9 Å². The normalized spacial score (nSPS) is 12.9. The fraction of sp³-hybridized carbons (Fsp3) is 0.320. The van der Waals surface area contributed by atoms with Crippen LogP contribution in [-0.2, 0) is 24.3 Å². The monoisotopic (exact) mass is 449 g/mol. The number of nitrogens with zero attached hydrogens (tertiary/aromatic N) is 2. The van der Waals surface area contributed by atoms with Crippen molar-refractivity contribution in [2.24, 2.45) is 0 Å². The summed E-state index contributed by atoms with van der Waals surface area (Å²) in [5.41, 5.74) is 6.31. The average molecular weight is 450 g/mol. The second kappa shape index (κ2) is 9.53. The van der Waals surface area contributed by atoms with E-state index in [1.165, 1.54) is 16.9 Å². The van der Waals surface area contributed by atoms with Crippen molar-refractivity contribution in [2.75, 3.05) is 13.2 Å². The molecule has 0 atom stereocenters. The van der Waals surface area contributed by atoms with Gasteiger partial charge in [-0.25, -0.2) is 0 Å². The summed E-state index contributed by atoms with van der Waals surface area (Å²) in [6.45, 7) is 7.49. The number of hydrogen-bond acceptors (Lipinski definition) is 5. The molecule has 166 valence electrons. The number of aryl methyl sites for hydroxylation is 3. The minimum Gasteiger partial charge on any atom is -0.484 e. The minimum atomic E-state index is -0.0598. The Balaban J connectivity index is 1.40. The lowest BCUT2D eigenvalue weighted by molar-refractivity contribution is -0.134. The van der Waals surface area contributed by atoms with E-state index in [4.69, 9.17) is 4.74 Å². The summed E-state index contributed by atoms with van der Waals surface area (Å²) in [5, 5.41) is 4.97. The molecule has 0 unspecified atom stereocenters. The van der Waals surface area contributed by atoms with E-state index in [1.54, 1.807) is 0 Å². The van der Waals surface area contributed by atoms with Crippen LogP contribution < -0.4 is 10.1 Å². The molecule has 0 fully saturated rings. The van der Waals surface area contributed by atoms with E-state index in [2.05, 4.69) is 10.3 Å². The molecular weight excluding hydrogens is 422 g/mol. The molecule has 1 N–H and O–H groups in total. The third-order valence-corrected chi connectivity index (χ3v) is 6.84. The first-order chi connectivity index (χ1) is 15.4. The largest absolute Gasteiger partial charge is 0.484 e. The van der Waals surface area contributed by atoms with Crippen LogP contribution in [0.5, 0.6) is 5.75 Å². The number of thiophene rings is 1. The molecule has 0 bridgehead atoms. The Bertz CT molecular complexity index is 1140. The number of aromatic nitrogens is 1. The van der Waals surface area contributed by atoms with Gasteiger partial charge in [-0.3, -0.25) is 14.6 Å². The predicted octanol–water partition coefficient (Wildman–Crippen LogP) is 3.96. The van der Waals surface area contributed by atoms with Crippen LogP contribution in [0.1, 0.15) is 43.2 Å². The highest BCUT2D eigenvalue weighted by Gasteiger charge is 2.24. The SMILES string of the molecule is Cc1ccc(OCC(=O)N2CCc3c(cnc(C)c3CNC(=O)c3sccc3C)C2)cc1. The summed E-state index contributed by atoms with van der Waals surface area (Å²) in [7, 11) is 0. The first-order valence-corrected chi connectivity index (χ1v) is 11.6. The first kappa shape index (κ1) is 22.0. The molecule has 2 amide bonds. The predicted molar refractivity (Wildman–Crippen MR) is 125 cm³/mol. The van der Waals surface area contributed by atoms with Crippen molar-refractivity contribution in [1.82, 2.24) is 15.2 Å². The van der Waals surface area contributed by atoms with Gasteiger partial charge >= 0.3 is 0 Å². The van der Waals surface area contributed by atoms with Gasteiger partial charge in [0.1, 0.15) is 5.75 Å². The molecule has 0 saturated carbocycles. The third-order valence-electron chi connectivity index (χ3n) is 5.83. The van der Waals surface area contributed by atoms with Crippen LogP contribution in [-0.4, -0.2) is 34.8 Å². The second-order valence-electron chi connectivity index (χ2n) is 8.11. The molecule has 32 heavy (non-hydrogen) atoms. The van der Waals surface area contributed by atoms with Crippen molar-refractivity contribution in [3.63, 3.8) is 0 Å². The molecule has 0 saturated heterocycles. The summed E-state index contributed by atoms with van der Waals surface area (Å²) >= 11 is 1.45. The van der Waals surface area contributed by atoms with Crippen LogP contribution in [0, 0.1) is 20.8 Å². The van der Waals surface area contributed by atoms with Gasteiger partial charge in [-0.15, -0.1) is 11.3 Å². The Labute approximate surface area is 192 Å². The third kappa shape index (κ3) is 4.83. The van der Waals surface area contributed by atoms with E-state index in [0.717, 1.165) is 39.2 Å². The maximum absolute atomic E-state index is 12.7. The van der Waals surface area contributed by atoms with Crippen LogP contribution in [0.4, 0.5) is 0 Å². The van der Waals surface area contributed by atoms with E-state index in [1.807, 2.05) is 67.6 Å². The van der Waals surface area contributed by atoms with Crippen LogP contribution in [0.25, 0.3) is 0 Å². The quantitative estimate of drug-likeness (QED) is 0.618. The topological polar surface area (TPSA) is 71.5 Å². The molecule has 6 nitrogen and oxygen atoms in total. The Morgan fingerprint density at radius 2 is 1.94 bits per heavy atom. The van der Waals surface area contributed by atoms with Gasteiger partial charge in [-0.05, 0) is 73.0 Å². The van der Waals surface area contributed by atoms with Crippen molar-refractivity contribution >= 4 is 23.2 Å². The van der Waals surface area contributed by atoms with Crippen molar-refractivity contribution in [2.45, 2.75) is 40.3 Å². The lowest BCUT2D eigenvalue weighted by atomic mass is 9.95. The molecule has 1 aromatic carbocycles. The zero-order chi connectivity index (χ0) is 22.7. The van der Waals surface area contributed by atoms with Gasteiger partial charge in [0.25, 0.3) is 11.8 Å². The molecule has 0 spiro atoms. The van der Waals surface area contributed by atoms with Crippen molar-refractivity contribution in [3.8, 4) is 5.75 Å². The number of carbonyl (C=O) groups excluding carboxylic acids is 2. The van der Waals surface area contributed by atoms with Crippen LogP contribution in [0.2, 0.25) is 0 Å². The molecule has 0 aliphatic carbocycles. The number of carbonyl (C=O) groups is 2. The lowest BCUT2D eigenvalue weighted by Crippen LogP contribution is -2.39. The summed E-state index contributed by atoms with van der Waals surface area (Å²) in [4.78, 5) is 32.3. The Morgan fingerprint density at radius 3 is 2.66 bits per heavy atom. The van der Waals surface area contributed by atoms with Gasteiger partial charge in [0.15, 0.2) is 6.61 Å². The highest BCUT2D eigenvalue weighted by molar-refractivity contribution is 7.12. The number of amides is 2. The maximum atomic E-state index is 12.7. The molecular formula is C25H27N3O3S. The number of ether oxygens (including phenoxy) is 1. The van der Waals surface area contributed by atoms with Crippen molar-refractivity contribution in [1.29, 1.82) is 0 Å². The van der Waals surface area contributed by atoms with Gasteiger partial charge in [0.2, 0.25) is 0 Å². The van der Waals surface area contributed by atoms with E-state index >= 15 is 0 Å². The number of pyridine rings is 1. The fourth-order valence-corrected chi connectivity index (χ4v) is 4.74. The maximum Gasteiger partial charge on any atom is 0.261 e. The van der Waals surface area contributed by atoms with Crippen molar-refractivity contribution in [3.05, 3.63) is 80.3 Å². The van der Waals surface area contributed by atoms with Crippen LogP contribution >= 0.6 is 11.3 Å². The van der Waals surface area contributed by atoms with E-state index in [-0.39, 0.29) is 18.4 Å². The molecule has 4 rings (SSSR count). The summed E-state index contributed by atoms with van der Waals surface area (Å²) < 4.78 is 5.66. The average Bonchev–Trinajstić information content (AvgIpc) is 3.23. The highest BCUT2D eigenvalue weighted by Crippen LogP contribution is 2.25. The first-order valence-electron chi connectivity index (χ1n) is 10.7. The van der Waals surface area contributed by atoms with Gasteiger partial charge in [-0.2, -0.15) is 0 Å². The van der Waals surface area contributed by atoms with Gasteiger partial charge in [0.05, 0.1) is 4.88 Å². The molecule has 3 heterocycles. The molecule has 3 aromatic rings. The van der Waals surface area contributed by atoms with E-state index in [0.29, 0.717) is 25.4 Å². The van der Waals surface area contributed by atoms with Gasteiger partial charge < -0.3 is 15.0 Å². The number of hydrogen-bond donors (Lipinski definition) is 1. The van der Waals surface area contributed by atoms with E-state index in [9.17, 15) is 9.59 Å². The smallest absolute Gasteiger partial charge is 0.261 e. The standard InChI is InChI=1S/C25H27N3O3S/c1-16-4-6-20(7-5-16)31-15-23(29)28-10-8-21-19(14-28)12-26-18(3)22(21)13-27-25(30)24-17(2)9-11-32-24/h4-7,9,11-12H,8,10,13-15H2,1-3H3,(H,27,30). The minimum absolute atomic E-state index is 0.0146.